The predicted octanol–water partition coefficient (Wildman–Crippen LogP) is 4.11. The molecule has 1 aliphatic rings. The maximum absolute atomic E-state index is 12.6. The number of likely N-dealkylation sites (N-methyl/N-ethyl adjacent to an activating group) is 1. The van der Waals surface area contributed by atoms with Gasteiger partial charge >= 0.3 is 0 Å². The highest BCUT2D eigenvalue weighted by Gasteiger charge is 2.18. The van der Waals surface area contributed by atoms with Crippen molar-refractivity contribution >= 4 is 28.6 Å². The SMILES string of the molecule is CCN1CCN(c2ccc(NC(=O)c3cc(-c4cccs4)on3)c(C)c2)CC1. The smallest absolute Gasteiger partial charge is 0.277 e. The molecule has 0 atom stereocenters. The standard InChI is InChI=1S/C21H24N4O2S/c1-3-24-8-10-25(11-9-24)16-6-7-17(15(2)13-16)22-21(26)18-14-19(27-23-18)20-5-4-12-28-20/h4-7,12-14H,3,8-11H2,1-2H3,(H,22,26). The zero-order chi connectivity index (χ0) is 19.5. The quantitative estimate of drug-likeness (QED) is 0.703. The number of amides is 1. The molecular weight excluding hydrogens is 372 g/mol. The number of anilines is 2. The first-order chi connectivity index (χ1) is 13.6. The fraction of sp³-hybridized carbons (Fsp3) is 0.333. The maximum atomic E-state index is 12.6. The lowest BCUT2D eigenvalue weighted by molar-refractivity contribution is 0.101. The summed E-state index contributed by atoms with van der Waals surface area (Å²) in [6, 6.07) is 11.7. The Kier molecular flexibility index (Phi) is 5.45. The van der Waals surface area contributed by atoms with Crippen molar-refractivity contribution < 1.29 is 9.32 Å². The normalized spacial score (nSPS) is 15.0. The number of piperazine rings is 1. The van der Waals surface area contributed by atoms with E-state index in [0.29, 0.717) is 5.76 Å². The molecule has 0 radical (unpaired) electrons. The molecule has 1 N–H and O–H groups in total. The van der Waals surface area contributed by atoms with Gasteiger partial charge in [-0.1, -0.05) is 18.1 Å². The molecule has 1 aliphatic heterocycles. The van der Waals surface area contributed by atoms with Gasteiger partial charge in [-0.05, 0) is 48.7 Å². The summed E-state index contributed by atoms with van der Waals surface area (Å²) in [7, 11) is 0. The van der Waals surface area contributed by atoms with E-state index in [9.17, 15) is 4.79 Å². The average molecular weight is 397 g/mol. The molecule has 0 bridgehead atoms. The third-order valence-electron chi connectivity index (χ3n) is 5.15. The first kappa shape index (κ1) is 18.7. The fourth-order valence-electron chi connectivity index (χ4n) is 3.41. The van der Waals surface area contributed by atoms with Crippen molar-refractivity contribution in [2.45, 2.75) is 13.8 Å². The molecule has 6 nitrogen and oxygen atoms in total. The number of benzene rings is 1. The highest BCUT2D eigenvalue weighted by atomic mass is 32.1. The summed E-state index contributed by atoms with van der Waals surface area (Å²) in [6.45, 7) is 9.57. The fourth-order valence-corrected chi connectivity index (χ4v) is 4.08. The van der Waals surface area contributed by atoms with Gasteiger partial charge < -0.3 is 19.6 Å². The van der Waals surface area contributed by atoms with Crippen LogP contribution in [0.2, 0.25) is 0 Å². The van der Waals surface area contributed by atoms with E-state index in [-0.39, 0.29) is 11.6 Å². The van der Waals surface area contributed by atoms with Crippen molar-refractivity contribution in [1.29, 1.82) is 0 Å². The van der Waals surface area contributed by atoms with Crippen molar-refractivity contribution in [2.75, 3.05) is 42.9 Å². The van der Waals surface area contributed by atoms with Crippen LogP contribution < -0.4 is 10.2 Å². The number of aryl methyl sites for hydroxylation is 1. The zero-order valence-electron chi connectivity index (χ0n) is 16.1. The van der Waals surface area contributed by atoms with E-state index < -0.39 is 0 Å². The van der Waals surface area contributed by atoms with E-state index >= 15 is 0 Å². The Bertz CT molecular complexity index is 943. The summed E-state index contributed by atoms with van der Waals surface area (Å²) >= 11 is 1.55. The Balaban J connectivity index is 1.43. The second-order valence-electron chi connectivity index (χ2n) is 6.93. The van der Waals surface area contributed by atoms with Gasteiger partial charge in [0, 0.05) is 43.6 Å². The molecule has 28 heavy (non-hydrogen) atoms. The van der Waals surface area contributed by atoms with E-state index in [1.54, 1.807) is 17.4 Å². The molecule has 3 heterocycles. The van der Waals surface area contributed by atoms with Crippen LogP contribution in [0.25, 0.3) is 10.6 Å². The first-order valence-electron chi connectivity index (χ1n) is 9.54. The number of hydrogen-bond acceptors (Lipinski definition) is 6. The van der Waals surface area contributed by atoms with Gasteiger partial charge in [0.2, 0.25) is 0 Å². The lowest BCUT2D eigenvalue weighted by Gasteiger charge is -2.35. The number of aromatic nitrogens is 1. The summed E-state index contributed by atoms with van der Waals surface area (Å²) in [4.78, 5) is 18.4. The Morgan fingerprint density at radius 2 is 2.04 bits per heavy atom. The highest BCUT2D eigenvalue weighted by Crippen LogP contribution is 2.27. The van der Waals surface area contributed by atoms with Crippen LogP contribution in [-0.2, 0) is 0 Å². The number of carbonyl (C=O) groups excluding carboxylic acids is 1. The van der Waals surface area contributed by atoms with Crippen LogP contribution >= 0.6 is 11.3 Å². The predicted molar refractivity (Wildman–Crippen MR) is 113 cm³/mol. The number of thiophene rings is 1. The molecule has 4 rings (SSSR count). The number of rotatable bonds is 5. The van der Waals surface area contributed by atoms with Gasteiger partial charge in [-0.3, -0.25) is 4.79 Å². The molecule has 2 aromatic heterocycles. The molecule has 1 fully saturated rings. The van der Waals surface area contributed by atoms with E-state index in [0.717, 1.165) is 48.9 Å². The average Bonchev–Trinajstić information content (AvgIpc) is 3.41. The minimum Gasteiger partial charge on any atom is -0.369 e. The van der Waals surface area contributed by atoms with Crippen LogP contribution in [0.4, 0.5) is 11.4 Å². The summed E-state index contributed by atoms with van der Waals surface area (Å²) in [5.41, 5.74) is 3.31. The van der Waals surface area contributed by atoms with Crippen molar-refractivity contribution in [3.05, 3.63) is 53.0 Å². The number of carbonyl (C=O) groups is 1. The summed E-state index contributed by atoms with van der Waals surface area (Å²) < 4.78 is 5.30. The molecule has 1 aromatic carbocycles. The topological polar surface area (TPSA) is 61.6 Å². The molecule has 0 unspecified atom stereocenters. The van der Waals surface area contributed by atoms with Gasteiger partial charge in [0.25, 0.3) is 5.91 Å². The second-order valence-corrected chi connectivity index (χ2v) is 7.88. The van der Waals surface area contributed by atoms with Crippen LogP contribution in [0.3, 0.4) is 0 Å². The van der Waals surface area contributed by atoms with Gasteiger partial charge in [-0.25, -0.2) is 0 Å². The summed E-state index contributed by atoms with van der Waals surface area (Å²) in [6.07, 6.45) is 0. The van der Waals surface area contributed by atoms with Gasteiger partial charge in [-0.2, -0.15) is 0 Å². The number of nitrogens with zero attached hydrogens (tertiary/aromatic N) is 3. The van der Waals surface area contributed by atoms with Gasteiger partial charge in [0.1, 0.15) is 0 Å². The Morgan fingerprint density at radius 1 is 1.21 bits per heavy atom. The minimum absolute atomic E-state index is 0.265. The molecular formula is C21H24N4O2S. The monoisotopic (exact) mass is 396 g/mol. The van der Waals surface area contributed by atoms with Crippen LogP contribution in [0, 0.1) is 6.92 Å². The van der Waals surface area contributed by atoms with Crippen molar-refractivity contribution in [1.82, 2.24) is 10.1 Å². The minimum atomic E-state index is -0.265. The Morgan fingerprint density at radius 3 is 2.71 bits per heavy atom. The molecule has 0 aliphatic carbocycles. The number of nitrogens with one attached hydrogen (secondary N) is 1. The molecule has 7 heteroatoms. The first-order valence-corrected chi connectivity index (χ1v) is 10.4. The third kappa shape index (κ3) is 3.95. The molecule has 0 spiro atoms. The summed E-state index contributed by atoms with van der Waals surface area (Å²) in [5.74, 6) is 0.345. The van der Waals surface area contributed by atoms with Crippen LogP contribution in [0.1, 0.15) is 23.0 Å². The summed E-state index contributed by atoms with van der Waals surface area (Å²) in [5, 5.41) is 8.82. The lowest BCUT2D eigenvalue weighted by Crippen LogP contribution is -2.46. The van der Waals surface area contributed by atoms with E-state index in [1.807, 2.05) is 30.5 Å². The van der Waals surface area contributed by atoms with Crippen molar-refractivity contribution in [2.24, 2.45) is 0 Å². The second kappa shape index (κ2) is 8.16. The van der Waals surface area contributed by atoms with Gasteiger partial charge in [0.15, 0.2) is 11.5 Å². The van der Waals surface area contributed by atoms with E-state index in [1.165, 1.54) is 5.69 Å². The molecule has 1 amide bonds. The molecule has 0 saturated carbocycles. The van der Waals surface area contributed by atoms with Crippen LogP contribution in [0.5, 0.6) is 0 Å². The largest absolute Gasteiger partial charge is 0.369 e. The lowest BCUT2D eigenvalue weighted by atomic mass is 10.1. The van der Waals surface area contributed by atoms with Gasteiger partial charge in [-0.15, -0.1) is 11.3 Å². The Hall–Kier alpha value is -2.64. The van der Waals surface area contributed by atoms with Crippen LogP contribution in [0.15, 0.2) is 46.3 Å². The third-order valence-corrected chi connectivity index (χ3v) is 6.03. The zero-order valence-corrected chi connectivity index (χ0v) is 17.0. The number of hydrogen-bond donors (Lipinski definition) is 1. The maximum Gasteiger partial charge on any atom is 0.277 e. The highest BCUT2D eigenvalue weighted by molar-refractivity contribution is 7.13. The van der Waals surface area contributed by atoms with Crippen LogP contribution in [-0.4, -0.2) is 48.7 Å². The van der Waals surface area contributed by atoms with Gasteiger partial charge in [0.05, 0.1) is 4.88 Å². The van der Waals surface area contributed by atoms with Crippen molar-refractivity contribution in [3.63, 3.8) is 0 Å². The molecule has 3 aromatic rings. The van der Waals surface area contributed by atoms with E-state index in [2.05, 4.69) is 39.3 Å². The Labute approximate surface area is 168 Å². The van der Waals surface area contributed by atoms with Crippen molar-refractivity contribution in [3.8, 4) is 10.6 Å². The molecule has 146 valence electrons. The molecule has 1 saturated heterocycles. The van der Waals surface area contributed by atoms with E-state index in [4.69, 9.17) is 4.52 Å².